The maximum Gasteiger partial charge on any atom is 0.161 e. The van der Waals surface area contributed by atoms with Crippen LogP contribution in [0.3, 0.4) is 0 Å². The van der Waals surface area contributed by atoms with E-state index in [9.17, 15) is 0 Å². The second-order valence-electron chi connectivity index (χ2n) is 12.5. The molecule has 0 saturated heterocycles. The summed E-state index contributed by atoms with van der Waals surface area (Å²) in [5, 5.41) is 10.1. The molecule has 0 radical (unpaired) electrons. The van der Waals surface area contributed by atoms with E-state index >= 15 is 0 Å². The Bertz CT molecular complexity index is 2780. The van der Waals surface area contributed by atoms with Crippen LogP contribution in [0.4, 0.5) is 0 Å². The third-order valence-corrected chi connectivity index (χ3v) is 10.9. The summed E-state index contributed by atoms with van der Waals surface area (Å²) in [5.74, 6) is 0.733. The highest BCUT2D eigenvalue weighted by Gasteiger charge is 2.19. The Morgan fingerprint density at radius 3 is 1.45 bits per heavy atom. The molecule has 0 bridgehead atoms. The monoisotopic (exact) mass is 640 g/mol. The molecular weight excluding hydrogens is 613 g/mol. The number of nitrogens with zero attached hydrogens (tertiary/aromatic N) is 2. The maximum atomic E-state index is 5.24. The summed E-state index contributed by atoms with van der Waals surface area (Å²) in [4.78, 5) is 10.5. The largest absolute Gasteiger partial charge is 0.228 e. The molecule has 0 amide bonds. The van der Waals surface area contributed by atoms with E-state index in [2.05, 4.69) is 158 Å². The molecule has 0 atom stereocenters. The van der Waals surface area contributed by atoms with E-state index in [1.54, 1.807) is 0 Å². The Morgan fingerprint density at radius 2 is 0.837 bits per heavy atom. The molecular formula is C46H28N2S. The molecule has 3 heteroatoms. The van der Waals surface area contributed by atoms with Gasteiger partial charge in [0.1, 0.15) is 0 Å². The van der Waals surface area contributed by atoms with Crippen molar-refractivity contribution in [3.8, 4) is 45.0 Å². The standard InChI is InChI=1S/C46H28N2S/c1-3-13-29(14-4-1)41-28-42(30-15-5-2-6-16-30)48-46(47-41)39-26-25-32(45-44(39)38-21-11-12-22-43(38)49-45)31-23-24-37-35-19-8-7-17-33(35)34-18-9-10-20-36(34)40(37)27-31/h1-28H. The predicted molar refractivity (Wildman–Crippen MR) is 209 cm³/mol. The predicted octanol–water partition coefficient (Wildman–Crippen LogP) is 13.0. The molecule has 2 aromatic heterocycles. The van der Waals surface area contributed by atoms with E-state index < -0.39 is 0 Å². The van der Waals surface area contributed by atoms with Crippen LogP contribution in [-0.4, -0.2) is 9.97 Å². The van der Waals surface area contributed by atoms with Gasteiger partial charge in [-0.15, -0.1) is 11.3 Å². The number of benzene rings is 8. The average Bonchev–Trinajstić information content (AvgIpc) is 3.58. The molecule has 0 aliphatic heterocycles. The van der Waals surface area contributed by atoms with Gasteiger partial charge in [0.05, 0.1) is 11.4 Å². The maximum absolute atomic E-state index is 5.24. The lowest BCUT2D eigenvalue weighted by Gasteiger charge is -2.14. The quantitative estimate of drug-likeness (QED) is 0.179. The Labute approximate surface area is 287 Å². The van der Waals surface area contributed by atoms with Gasteiger partial charge in [-0.3, -0.25) is 0 Å². The van der Waals surface area contributed by atoms with Crippen LogP contribution in [0.25, 0.3) is 97.5 Å². The first-order valence-electron chi connectivity index (χ1n) is 16.6. The molecule has 2 heterocycles. The van der Waals surface area contributed by atoms with Gasteiger partial charge in [-0.05, 0) is 67.7 Å². The van der Waals surface area contributed by atoms with Crippen molar-refractivity contribution in [2.24, 2.45) is 0 Å². The van der Waals surface area contributed by atoms with E-state index in [0.29, 0.717) is 0 Å². The van der Waals surface area contributed by atoms with Gasteiger partial charge >= 0.3 is 0 Å². The molecule has 8 aromatic carbocycles. The highest BCUT2D eigenvalue weighted by atomic mass is 32.1. The highest BCUT2D eigenvalue weighted by molar-refractivity contribution is 7.26. The van der Waals surface area contributed by atoms with Crippen molar-refractivity contribution in [1.29, 1.82) is 0 Å². The number of hydrogen-bond acceptors (Lipinski definition) is 3. The minimum Gasteiger partial charge on any atom is -0.228 e. The first-order chi connectivity index (χ1) is 24.3. The molecule has 10 aromatic rings. The molecule has 0 saturated carbocycles. The minimum atomic E-state index is 0.733. The normalized spacial score (nSPS) is 11.7. The van der Waals surface area contributed by atoms with Crippen molar-refractivity contribution in [2.75, 3.05) is 0 Å². The highest BCUT2D eigenvalue weighted by Crippen LogP contribution is 2.46. The van der Waals surface area contributed by atoms with E-state index in [1.807, 2.05) is 23.5 Å². The van der Waals surface area contributed by atoms with Gasteiger partial charge in [0.25, 0.3) is 0 Å². The molecule has 2 nitrogen and oxygen atoms in total. The van der Waals surface area contributed by atoms with E-state index in [4.69, 9.17) is 9.97 Å². The molecule has 0 fully saturated rings. The number of aromatic nitrogens is 2. The molecule has 0 aliphatic rings. The Hall–Kier alpha value is -6.16. The zero-order valence-corrected chi connectivity index (χ0v) is 27.3. The number of hydrogen-bond donors (Lipinski definition) is 0. The molecule has 0 aliphatic carbocycles. The molecule has 228 valence electrons. The molecule has 0 spiro atoms. The SMILES string of the molecule is c1ccc(-c2cc(-c3ccccc3)nc(-c3ccc(-c4ccc5c6ccccc6c6ccccc6c5c4)c4sc5ccccc5c34)n2)cc1. The lowest BCUT2D eigenvalue weighted by atomic mass is 9.91. The lowest BCUT2D eigenvalue weighted by molar-refractivity contribution is 1.19. The van der Waals surface area contributed by atoms with Crippen LogP contribution >= 0.6 is 11.3 Å². The van der Waals surface area contributed by atoms with Gasteiger partial charge in [0, 0.05) is 36.9 Å². The topological polar surface area (TPSA) is 25.8 Å². The number of fused-ring (bicyclic) bond motifs is 9. The fourth-order valence-corrected chi connectivity index (χ4v) is 8.66. The smallest absolute Gasteiger partial charge is 0.161 e. The van der Waals surface area contributed by atoms with Gasteiger partial charge in [0.15, 0.2) is 5.82 Å². The van der Waals surface area contributed by atoms with Crippen LogP contribution in [-0.2, 0) is 0 Å². The summed E-state index contributed by atoms with van der Waals surface area (Å²) in [5.41, 5.74) is 7.44. The summed E-state index contributed by atoms with van der Waals surface area (Å²) in [6.45, 7) is 0. The third kappa shape index (κ3) is 4.55. The second kappa shape index (κ2) is 11.2. The minimum absolute atomic E-state index is 0.733. The molecule has 0 unspecified atom stereocenters. The van der Waals surface area contributed by atoms with Crippen LogP contribution in [0.2, 0.25) is 0 Å². The summed E-state index contributed by atoms with van der Waals surface area (Å²) >= 11 is 1.85. The van der Waals surface area contributed by atoms with Crippen molar-refractivity contribution in [2.45, 2.75) is 0 Å². The number of rotatable bonds is 4. The van der Waals surface area contributed by atoms with Gasteiger partial charge in [0.2, 0.25) is 0 Å². The van der Waals surface area contributed by atoms with Crippen LogP contribution < -0.4 is 0 Å². The Balaban J connectivity index is 1.24. The van der Waals surface area contributed by atoms with Crippen molar-refractivity contribution < 1.29 is 0 Å². The van der Waals surface area contributed by atoms with Crippen molar-refractivity contribution in [3.63, 3.8) is 0 Å². The van der Waals surface area contributed by atoms with Crippen LogP contribution in [0.15, 0.2) is 170 Å². The number of thiophene rings is 1. The fourth-order valence-electron chi connectivity index (χ4n) is 7.40. The fraction of sp³-hybridized carbons (Fsp3) is 0. The van der Waals surface area contributed by atoms with Crippen LogP contribution in [0.5, 0.6) is 0 Å². The lowest BCUT2D eigenvalue weighted by Crippen LogP contribution is -1.96. The van der Waals surface area contributed by atoms with E-state index in [1.165, 1.54) is 63.6 Å². The summed E-state index contributed by atoms with van der Waals surface area (Å²) in [6, 6.07) is 60.7. The van der Waals surface area contributed by atoms with E-state index in [-0.39, 0.29) is 0 Å². The average molecular weight is 641 g/mol. The molecule has 49 heavy (non-hydrogen) atoms. The van der Waals surface area contributed by atoms with Gasteiger partial charge < -0.3 is 0 Å². The van der Waals surface area contributed by atoms with E-state index in [0.717, 1.165) is 33.9 Å². The zero-order valence-electron chi connectivity index (χ0n) is 26.5. The molecule has 10 rings (SSSR count). The van der Waals surface area contributed by atoms with Gasteiger partial charge in [-0.25, -0.2) is 9.97 Å². The first-order valence-corrected chi connectivity index (χ1v) is 17.4. The Morgan fingerprint density at radius 1 is 0.347 bits per heavy atom. The van der Waals surface area contributed by atoms with Crippen molar-refractivity contribution >= 4 is 63.8 Å². The van der Waals surface area contributed by atoms with Gasteiger partial charge in [-0.2, -0.15) is 0 Å². The first kappa shape index (κ1) is 27.9. The zero-order chi connectivity index (χ0) is 32.3. The summed E-state index contributed by atoms with van der Waals surface area (Å²) in [7, 11) is 0. The third-order valence-electron chi connectivity index (χ3n) is 9.69. The van der Waals surface area contributed by atoms with Gasteiger partial charge in [-0.1, -0.05) is 146 Å². The van der Waals surface area contributed by atoms with Crippen molar-refractivity contribution in [3.05, 3.63) is 170 Å². The Kier molecular flexibility index (Phi) is 6.39. The summed E-state index contributed by atoms with van der Waals surface area (Å²) < 4.78 is 2.50. The van der Waals surface area contributed by atoms with Crippen LogP contribution in [0, 0.1) is 0 Å². The van der Waals surface area contributed by atoms with Crippen LogP contribution in [0.1, 0.15) is 0 Å². The molecule has 0 N–H and O–H groups in total. The van der Waals surface area contributed by atoms with Crippen molar-refractivity contribution in [1.82, 2.24) is 9.97 Å². The summed E-state index contributed by atoms with van der Waals surface area (Å²) in [6.07, 6.45) is 0. The second-order valence-corrected chi connectivity index (χ2v) is 13.6.